The molecule has 0 saturated carbocycles. The minimum Gasteiger partial charge on any atom is -0.352 e. The Hall–Kier alpha value is -1.07. The average Bonchev–Trinajstić information content (AvgIpc) is 2.44. The molecule has 0 aliphatic heterocycles. The van der Waals surface area contributed by atoms with E-state index in [0.29, 0.717) is 6.54 Å². The molecule has 0 aliphatic rings. The van der Waals surface area contributed by atoms with Crippen molar-refractivity contribution in [3.8, 4) is 0 Å². The molecule has 1 heterocycles. The lowest BCUT2D eigenvalue weighted by atomic mass is 10.2. The van der Waals surface area contributed by atoms with E-state index in [-0.39, 0.29) is 0 Å². The van der Waals surface area contributed by atoms with Crippen LogP contribution in [0.2, 0.25) is 0 Å². The fourth-order valence-electron chi connectivity index (χ4n) is 1.36. The highest BCUT2D eigenvalue weighted by Crippen LogP contribution is 2.19. The maximum Gasteiger partial charge on any atom is 0.312 e. The van der Waals surface area contributed by atoms with Crippen LogP contribution in [0.3, 0.4) is 0 Å². The number of carbonyl (C=O) groups excluding carboxylic acids is 1. The van der Waals surface area contributed by atoms with Gasteiger partial charge in [0.25, 0.3) is 0 Å². The monoisotopic (exact) mass is 227 g/mol. The molecule has 4 nitrogen and oxygen atoms in total. The second kappa shape index (κ2) is 5.72. The standard InChI is InChI=1S/C10H17N3OS/c1-7-5-9(8(2)15-7)6-12-3-4-13-10(11)14/h5,12H,3-4,6H2,1-2H3,(H3,11,13,14). The van der Waals surface area contributed by atoms with Gasteiger partial charge < -0.3 is 16.4 Å². The molecule has 15 heavy (non-hydrogen) atoms. The zero-order valence-corrected chi connectivity index (χ0v) is 9.91. The van der Waals surface area contributed by atoms with Gasteiger partial charge in [-0.3, -0.25) is 0 Å². The van der Waals surface area contributed by atoms with Gasteiger partial charge in [-0.1, -0.05) is 0 Å². The van der Waals surface area contributed by atoms with Gasteiger partial charge in [-0.2, -0.15) is 0 Å². The van der Waals surface area contributed by atoms with Crippen LogP contribution >= 0.6 is 11.3 Å². The van der Waals surface area contributed by atoms with Gasteiger partial charge >= 0.3 is 6.03 Å². The number of hydrogen-bond acceptors (Lipinski definition) is 3. The van der Waals surface area contributed by atoms with Crippen molar-refractivity contribution < 1.29 is 4.79 Å². The maximum atomic E-state index is 10.4. The van der Waals surface area contributed by atoms with Gasteiger partial charge in [-0.05, 0) is 25.5 Å². The molecular weight excluding hydrogens is 210 g/mol. The van der Waals surface area contributed by atoms with Crippen LogP contribution in [0.15, 0.2) is 6.07 Å². The Labute approximate surface area is 93.9 Å². The minimum atomic E-state index is -0.473. The van der Waals surface area contributed by atoms with Crippen LogP contribution < -0.4 is 16.4 Å². The molecule has 4 N–H and O–H groups in total. The summed E-state index contributed by atoms with van der Waals surface area (Å²) < 4.78 is 0. The third-order valence-corrected chi connectivity index (χ3v) is 3.07. The number of rotatable bonds is 5. The van der Waals surface area contributed by atoms with Crippen molar-refractivity contribution in [1.82, 2.24) is 10.6 Å². The molecule has 5 heteroatoms. The van der Waals surface area contributed by atoms with Crippen molar-refractivity contribution in [3.63, 3.8) is 0 Å². The number of nitrogens with two attached hydrogens (primary N) is 1. The van der Waals surface area contributed by atoms with E-state index >= 15 is 0 Å². The quantitative estimate of drug-likeness (QED) is 0.660. The lowest BCUT2D eigenvalue weighted by Crippen LogP contribution is -2.35. The molecule has 0 unspecified atom stereocenters. The highest BCUT2D eigenvalue weighted by molar-refractivity contribution is 7.12. The van der Waals surface area contributed by atoms with Crippen LogP contribution in [0, 0.1) is 13.8 Å². The Morgan fingerprint density at radius 1 is 1.47 bits per heavy atom. The SMILES string of the molecule is Cc1cc(CNCCNC(N)=O)c(C)s1. The zero-order chi connectivity index (χ0) is 11.3. The third kappa shape index (κ3) is 4.31. The Morgan fingerprint density at radius 2 is 2.20 bits per heavy atom. The molecule has 0 radical (unpaired) electrons. The molecule has 0 aliphatic carbocycles. The fourth-order valence-corrected chi connectivity index (χ4v) is 2.30. The number of carbonyl (C=O) groups is 1. The molecule has 1 aromatic rings. The number of urea groups is 1. The van der Waals surface area contributed by atoms with E-state index in [9.17, 15) is 4.79 Å². The molecule has 1 rings (SSSR count). The smallest absolute Gasteiger partial charge is 0.312 e. The van der Waals surface area contributed by atoms with Crippen LogP contribution in [0.5, 0.6) is 0 Å². The summed E-state index contributed by atoms with van der Waals surface area (Å²) in [6.07, 6.45) is 0. The van der Waals surface area contributed by atoms with Crippen LogP contribution in [0.4, 0.5) is 4.79 Å². The number of thiophene rings is 1. The molecule has 0 saturated heterocycles. The predicted octanol–water partition coefficient (Wildman–Crippen LogP) is 1.12. The molecule has 84 valence electrons. The number of primary amides is 1. The van der Waals surface area contributed by atoms with E-state index in [1.807, 2.05) is 11.3 Å². The third-order valence-electron chi connectivity index (χ3n) is 2.06. The van der Waals surface area contributed by atoms with Crippen molar-refractivity contribution in [1.29, 1.82) is 0 Å². The van der Waals surface area contributed by atoms with Crippen LogP contribution in [0.25, 0.3) is 0 Å². The molecule has 0 bridgehead atoms. The summed E-state index contributed by atoms with van der Waals surface area (Å²) in [5.41, 5.74) is 6.27. The minimum absolute atomic E-state index is 0.473. The second-order valence-electron chi connectivity index (χ2n) is 3.41. The van der Waals surface area contributed by atoms with Crippen molar-refractivity contribution in [2.75, 3.05) is 13.1 Å². The van der Waals surface area contributed by atoms with Crippen molar-refractivity contribution in [3.05, 3.63) is 21.4 Å². The normalized spacial score (nSPS) is 10.3. The summed E-state index contributed by atoms with van der Waals surface area (Å²) in [7, 11) is 0. The van der Waals surface area contributed by atoms with Crippen molar-refractivity contribution >= 4 is 17.4 Å². The van der Waals surface area contributed by atoms with Gasteiger partial charge in [0.05, 0.1) is 0 Å². The van der Waals surface area contributed by atoms with Crippen molar-refractivity contribution in [2.24, 2.45) is 5.73 Å². The lowest BCUT2D eigenvalue weighted by Gasteiger charge is -2.04. The summed E-state index contributed by atoms with van der Waals surface area (Å²) in [6, 6.07) is 1.72. The van der Waals surface area contributed by atoms with Gasteiger partial charge in [-0.15, -0.1) is 11.3 Å². The summed E-state index contributed by atoms with van der Waals surface area (Å²) in [4.78, 5) is 13.1. The Balaban J connectivity index is 2.20. The number of amides is 2. The largest absolute Gasteiger partial charge is 0.352 e. The van der Waals surface area contributed by atoms with E-state index < -0.39 is 6.03 Å². The van der Waals surface area contributed by atoms with Crippen LogP contribution in [-0.2, 0) is 6.54 Å². The predicted molar refractivity (Wildman–Crippen MR) is 63.1 cm³/mol. The Kier molecular flexibility index (Phi) is 4.58. The molecule has 0 atom stereocenters. The first-order chi connectivity index (χ1) is 7.09. The van der Waals surface area contributed by atoms with Gasteiger partial charge in [0.1, 0.15) is 0 Å². The van der Waals surface area contributed by atoms with E-state index in [2.05, 4.69) is 30.5 Å². The summed E-state index contributed by atoms with van der Waals surface area (Å²) in [5.74, 6) is 0. The van der Waals surface area contributed by atoms with E-state index in [4.69, 9.17) is 5.73 Å². The second-order valence-corrected chi connectivity index (χ2v) is 4.87. The Bertz CT molecular complexity index is 335. The Morgan fingerprint density at radius 3 is 2.73 bits per heavy atom. The maximum absolute atomic E-state index is 10.4. The average molecular weight is 227 g/mol. The highest BCUT2D eigenvalue weighted by Gasteiger charge is 2.01. The fraction of sp³-hybridized carbons (Fsp3) is 0.500. The summed E-state index contributed by atoms with van der Waals surface area (Å²) in [5, 5.41) is 5.78. The number of hydrogen-bond donors (Lipinski definition) is 3. The molecule has 0 fully saturated rings. The van der Waals surface area contributed by atoms with Gasteiger partial charge in [0, 0.05) is 29.4 Å². The first-order valence-electron chi connectivity index (χ1n) is 4.89. The summed E-state index contributed by atoms with van der Waals surface area (Å²) in [6.45, 7) is 6.37. The van der Waals surface area contributed by atoms with E-state index in [1.165, 1.54) is 15.3 Å². The first kappa shape index (κ1) is 12.0. The van der Waals surface area contributed by atoms with E-state index in [1.54, 1.807) is 0 Å². The van der Waals surface area contributed by atoms with Crippen molar-refractivity contribution in [2.45, 2.75) is 20.4 Å². The topological polar surface area (TPSA) is 67.2 Å². The molecule has 0 spiro atoms. The van der Waals surface area contributed by atoms with Crippen LogP contribution in [-0.4, -0.2) is 19.1 Å². The first-order valence-corrected chi connectivity index (χ1v) is 5.71. The molecule has 1 aromatic heterocycles. The lowest BCUT2D eigenvalue weighted by molar-refractivity contribution is 0.249. The van der Waals surface area contributed by atoms with Gasteiger partial charge in [-0.25, -0.2) is 4.79 Å². The molecule has 0 aromatic carbocycles. The zero-order valence-electron chi connectivity index (χ0n) is 9.09. The van der Waals surface area contributed by atoms with E-state index in [0.717, 1.165) is 13.1 Å². The van der Waals surface area contributed by atoms with Gasteiger partial charge in [0.15, 0.2) is 0 Å². The number of nitrogens with one attached hydrogen (secondary N) is 2. The summed E-state index contributed by atoms with van der Waals surface area (Å²) >= 11 is 1.81. The number of aryl methyl sites for hydroxylation is 2. The highest BCUT2D eigenvalue weighted by atomic mass is 32.1. The molecule has 2 amide bonds. The van der Waals surface area contributed by atoms with Crippen LogP contribution in [0.1, 0.15) is 15.3 Å². The van der Waals surface area contributed by atoms with Gasteiger partial charge in [0.2, 0.25) is 0 Å². The molecular formula is C10H17N3OS.